The van der Waals surface area contributed by atoms with Crippen LogP contribution in [0, 0.1) is 40.7 Å². The van der Waals surface area contributed by atoms with Gasteiger partial charge >= 0.3 is 5.97 Å². The number of benzene rings is 2. The van der Waals surface area contributed by atoms with E-state index in [-0.39, 0.29) is 45.0 Å². The highest BCUT2D eigenvalue weighted by Gasteiger charge is 2.47. The third kappa shape index (κ3) is 3.89. The molecule has 9 heteroatoms. The molecule has 4 aromatic rings. The molecule has 2 aromatic heterocycles. The van der Waals surface area contributed by atoms with Crippen LogP contribution in [0.4, 0.5) is 14.6 Å². The van der Waals surface area contributed by atoms with Crippen LogP contribution in [0.5, 0.6) is 0 Å². The Morgan fingerprint density at radius 2 is 1.84 bits per heavy atom. The highest BCUT2D eigenvalue weighted by Crippen LogP contribution is 2.47. The molecule has 0 radical (unpaired) electrons. The maximum Gasteiger partial charge on any atom is 0.308 e. The largest absolute Gasteiger partial charge is 0.481 e. The number of hydrogen-bond acceptors (Lipinski definition) is 4. The van der Waals surface area contributed by atoms with Gasteiger partial charge in [-0.1, -0.05) is 41.9 Å². The van der Waals surface area contributed by atoms with Gasteiger partial charge in [0.05, 0.1) is 22.7 Å². The number of carbonyl (C=O) groups is 1. The number of nitrogens with one attached hydrogen (secondary N) is 2. The summed E-state index contributed by atoms with van der Waals surface area (Å²) in [5, 5.41) is 24.0. The van der Waals surface area contributed by atoms with Crippen LogP contribution in [0.1, 0.15) is 31.2 Å². The summed E-state index contributed by atoms with van der Waals surface area (Å²) in [6, 6.07) is 13.0. The molecule has 3 aliphatic carbocycles. The first-order valence-electron chi connectivity index (χ1n) is 12.5. The number of carboxylic acid groups (broad SMARTS) is 1. The van der Waals surface area contributed by atoms with Crippen molar-refractivity contribution in [2.24, 2.45) is 17.8 Å². The standard InChI is InChI=1S/C29H23ClF2N4O2/c30-17-10-18-20(13-34-27(18)21(31)11-17)26-19(12-33)22(14-4-2-1-3-5-14)24(32)28(36-26)35-25-16-8-6-15(7-9-16)23(25)29(37)38/h1-5,10-11,13,15-16,23,25,34H,6-9H2,(H,35,36)(H,37,38)/t15?,16?,23-,25-/m1/s1. The van der Waals surface area contributed by atoms with E-state index >= 15 is 4.39 Å². The molecule has 192 valence electrons. The highest BCUT2D eigenvalue weighted by molar-refractivity contribution is 6.31. The van der Waals surface area contributed by atoms with Gasteiger partial charge in [-0.25, -0.2) is 13.8 Å². The second-order valence-electron chi connectivity index (χ2n) is 10.1. The maximum atomic E-state index is 16.3. The van der Waals surface area contributed by atoms with Gasteiger partial charge in [-0.15, -0.1) is 0 Å². The minimum absolute atomic E-state index is 0.0134. The number of aliphatic carboxylic acids is 1. The van der Waals surface area contributed by atoms with Crippen molar-refractivity contribution in [2.75, 3.05) is 5.32 Å². The lowest BCUT2D eigenvalue weighted by molar-refractivity contribution is -0.148. The number of aromatic amines is 1. The quantitative estimate of drug-likeness (QED) is 0.257. The van der Waals surface area contributed by atoms with Crippen molar-refractivity contribution in [3.05, 3.63) is 70.9 Å². The van der Waals surface area contributed by atoms with E-state index in [1.807, 2.05) is 0 Å². The van der Waals surface area contributed by atoms with Gasteiger partial charge in [0, 0.05) is 33.8 Å². The average molecular weight is 533 g/mol. The Labute approximate surface area is 222 Å². The molecule has 0 amide bonds. The molecule has 2 aromatic carbocycles. The predicted molar refractivity (Wildman–Crippen MR) is 141 cm³/mol. The van der Waals surface area contributed by atoms with E-state index in [0.29, 0.717) is 16.5 Å². The third-order valence-corrected chi connectivity index (χ3v) is 8.30. The Morgan fingerprint density at radius 3 is 2.53 bits per heavy atom. The SMILES string of the molecule is N#Cc1c(-c2c[nH]c3c(F)cc(Cl)cc23)nc(N[C@@H]2C3CCC(CC3)[C@H]2C(=O)O)c(F)c1-c1ccccc1. The number of hydrogen-bond donors (Lipinski definition) is 3. The highest BCUT2D eigenvalue weighted by atomic mass is 35.5. The van der Waals surface area contributed by atoms with E-state index in [4.69, 9.17) is 11.6 Å². The van der Waals surface area contributed by atoms with Crippen molar-refractivity contribution in [2.45, 2.75) is 31.7 Å². The van der Waals surface area contributed by atoms with Crippen LogP contribution in [0.2, 0.25) is 5.02 Å². The zero-order chi connectivity index (χ0) is 26.6. The molecule has 0 aliphatic heterocycles. The van der Waals surface area contributed by atoms with Gasteiger partial charge in [0.25, 0.3) is 0 Å². The number of aromatic nitrogens is 2. The summed E-state index contributed by atoms with van der Waals surface area (Å²) in [6.07, 6.45) is 4.92. The Bertz CT molecular complexity index is 1610. The Balaban J connectivity index is 1.58. The van der Waals surface area contributed by atoms with Crippen LogP contribution in [0.15, 0.2) is 48.7 Å². The summed E-state index contributed by atoms with van der Waals surface area (Å²) in [6.45, 7) is 0. The number of nitriles is 1. The second kappa shape index (κ2) is 9.41. The number of nitrogens with zero attached hydrogens (tertiary/aromatic N) is 2. The molecule has 3 N–H and O–H groups in total. The third-order valence-electron chi connectivity index (χ3n) is 8.08. The summed E-state index contributed by atoms with van der Waals surface area (Å²) in [5.74, 6) is -2.90. The van der Waals surface area contributed by atoms with Crippen molar-refractivity contribution in [3.63, 3.8) is 0 Å². The van der Waals surface area contributed by atoms with Gasteiger partial charge in [-0.2, -0.15) is 5.26 Å². The smallest absolute Gasteiger partial charge is 0.308 e. The topological polar surface area (TPSA) is 102 Å². The van der Waals surface area contributed by atoms with Crippen molar-refractivity contribution in [1.82, 2.24) is 9.97 Å². The summed E-state index contributed by atoms with van der Waals surface area (Å²) in [4.78, 5) is 19.7. The van der Waals surface area contributed by atoms with Crippen molar-refractivity contribution in [1.29, 1.82) is 5.26 Å². The summed E-state index contributed by atoms with van der Waals surface area (Å²) in [7, 11) is 0. The Morgan fingerprint density at radius 1 is 1.13 bits per heavy atom. The first-order chi connectivity index (χ1) is 18.4. The zero-order valence-corrected chi connectivity index (χ0v) is 20.9. The van der Waals surface area contributed by atoms with E-state index in [2.05, 4.69) is 21.4 Å². The molecule has 0 unspecified atom stereocenters. The molecule has 2 bridgehead atoms. The molecule has 3 saturated carbocycles. The molecular formula is C29H23ClF2N4O2. The number of anilines is 1. The number of carboxylic acids is 1. The van der Waals surface area contributed by atoms with Gasteiger partial charge in [0.2, 0.25) is 0 Å². The first-order valence-corrected chi connectivity index (χ1v) is 12.9. The molecule has 7 rings (SSSR count). The zero-order valence-electron chi connectivity index (χ0n) is 20.1. The summed E-state index contributed by atoms with van der Waals surface area (Å²) >= 11 is 6.14. The molecule has 3 aliphatic rings. The molecule has 2 heterocycles. The van der Waals surface area contributed by atoms with Crippen molar-refractivity contribution < 1.29 is 18.7 Å². The Hall–Kier alpha value is -3.96. The lowest BCUT2D eigenvalue weighted by Gasteiger charge is -2.47. The molecule has 38 heavy (non-hydrogen) atoms. The number of pyridine rings is 1. The van der Waals surface area contributed by atoms with Gasteiger partial charge in [-0.05, 0) is 55.2 Å². The molecule has 6 nitrogen and oxygen atoms in total. The normalized spacial score (nSPS) is 22.4. The van der Waals surface area contributed by atoms with Crippen LogP contribution in [-0.4, -0.2) is 27.1 Å². The lowest BCUT2D eigenvalue weighted by atomic mass is 9.61. The maximum absolute atomic E-state index is 16.3. The fourth-order valence-corrected chi connectivity index (χ4v) is 6.56. The monoisotopic (exact) mass is 532 g/mol. The second-order valence-corrected chi connectivity index (χ2v) is 10.5. The van der Waals surface area contributed by atoms with E-state index < -0.39 is 29.6 Å². The van der Waals surface area contributed by atoms with Gasteiger partial charge in [-0.3, -0.25) is 4.79 Å². The summed E-state index contributed by atoms with van der Waals surface area (Å²) in [5.41, 5.74) is 1.22. The summed E-state index contributed by atoms with van der Waals surface area (Å²) < 4.78 is 30.9. The van der Waals surface area contributed by atoms with Gasteiger partial charge < -0.3 is 15.4 Å². The van der Waals surface area contributed by atoms with Crippen molar-refractivity contribution >= 4 is 34.3 Å². The fraction of sp³-hybridized carbons (Fsp3) is 0.276. The number of H-pyrrole nitrogens is 1. The number of rotatable bonds is 5. The van der Waals surface area contributed by atoms with Gasteiger partial charge in [0.1, 0.15) is 11.9 Å². The average Bonchev–Trinajstić information content (AvgIpc) is 3.34. The van der Waals surface area contributed by atoms with Crippen molar-refractivity contribution in [3.8, 4) is 28.5 Å². The molecular weight excluding hydrogens is 510 g/mol. The fourth-order valence-electron chi connectivity index (χ4n) is 6.36. The van der Waals surface area contributed by atoms with Crippen LogP contribution in [0.3, 0.4) is 0 Å². The van der Waals surface area contributed by atoms with E-state index in [0.717, 1.165) is 25.7 Å². The molecule has 3 fully saturated rings. The minimum atomic E-state index is -0.906. The van der Waals surface area contributed by atoms with Crippen LogP contribution in [0.25, 0.3) is 33.3 Å². The van der Waals surface area contributed by atoms with Crippen LogP contribution in [-0.2, 0) is 4.79 Å². The number of halogens is 3. The predicted octanol–water partition coefficient (Wildman–Crippen LogP) is 7.00. The van der Waals surface area contributed by atoms with E-state index in [1.165, 1.54) is 12.3 Å². The minimum Gasteiger partial charge on any atom is -0.481 e. The molecule has 0 spiro atoms. The first kappa shape index (κ1) is 24.4. The van der Waals surface area contributed by atoms with E-state index in [9.17, 15) is 19.6 Å². The van der Waals surface area contributed by atoms with Gasteiger partial charge in [0.15, 0.2) is 11.6 Å². The van der Waals surface area contributed by atoms with E-state index in [1.54, 1.807) is 36.4 Å². The van der Waals surface area contributed by atoms with Crippen LogP contribution < -0.4 is 5.32 Å². The molecule has 0 saturated heterocycles. The number of fused-ring (bicyclic) bond motifs is 4. The Kier molecular flexibility index (Phi) is 6.04. The molecule has 2 atom stereocenters. The lowest BCUT2D eigenvalue weighted by Crippen LogP contribution is -2.51. The van der Waals surface area contributed by atoms with Crippen LogP contribution >= 0.6 is 11.6 Å².